The predicted molar refractivity (Wildman–Crippen MR) is 194 cm³/mol. The van der Waals surface area contributed by atoms with E-state index in [1.165, 1.54) is 25.7 Å². The maximum absolute atomic E-state index is 9.03. The molecule has 44 heavy (non-hydrogen) atoms. The minimum absolute atomic E-state index is 0.193. The second-order valence-electron chi connectivity index (χ2n) is 9.16. The number of aromatic nitrogens is 4. The second-order valence-corrected chi connectivity index (χ2v) is 10.9. The maximum atomic E-state index is 9.03. The van der Waals surface area contributed by atoms with Crippen LogP contribution < -0.4 is 9.80 Å². The SMILES string of the molecule is C=CCC.CC1CCCN1c1ccnc(CCS)n1.CCCC.CN(CCOPO)c1ccnc(CCS)n1.O=COPO. The smallest absolute Gasteiger partial charge is 0.297 e. The van der Waals surface area contributed by atoms with Gasteiger partial charge in [-0.1, -0.05) is 39.7 Å². The zero-order chi connectivity index (χ0) is 33.4. The number of rotatable bonds is 14. The third kappa shape index (κ3) is 23.7. The van der Waals surface area contributed by atoms with Crippen molar-refractivity contribution in [2.24, 2.45) is 0 Å². The van der Waals surface area contributed by atoms with E-state index < -0.39 is 18.1 Å². The fourth-order valence-electron chi connectivity index (χ4n) is 3.23. The lowest BCUT2D eigenvalue weighted by Gasteiger charge is -2.22. The van der Waals surface area contributed by atoms with Gasteiger partial charge in [-0.05, 0) is 49.8 Å². The first-order valence-electron chi connectivity index (χ1n) is 14.8. The van der Waals surface area contributed by atoms with Crippen molar-refractivity contribution in [1.82, 2.24) is 19.9 Å². The molecule has 2 aromatic rings. The van der Waals surface area contributed by atoms with Crippen molar-refractivity contribution in [3.63, 3.8) is 0 Å². The van der Waals surface area contributed by atoms with Crippen molar-refractivity contribution >= 4 is 61.4 Å². The average Bonchev–Trinajstić information content (AvgIpc) is 3.48. The van der Waals surface area contributed by atoms with Crippen LogP contribution in [0.4, 0.5) is 11.6 Å². The molecule has 2 aromatic heterocycles. The minimum atomic E-state index is -0.710. The van der Waals surface area contributed by atoms with Crippen molar-refractivity contribution in [1.29, 1.82) is 0 Å². The number of allylic oxidation sites excluding steroid dienone is 1. The highest BCUT2D eigenvalue weighted by Crippen LogP contribution is 2.23. The van der Waals surface area contributed by atoms with Gasteiger partial charge in [-0.15, -0.1) is 6.58 Å². The van der Waals surface area contributed by atoms with Crippen LogP contribution in [0.25, 0.3) is 0 Å². The summed E-state index contributed by atoms with van der Waals surface area (Å²) >= 11 is 8.35. The van der Waals surface area contributed by atoms with Crippen LogP contribution in [0.2, 0.25) is 0 Å². The summed E-state index contributed by atoms with van der Waals surface area (Å²) in [5.74, 6) is 5.18. The Bertz CT molecular complexity index is 957. The van der Waals surface area contributed by atoms with Gasteiger partial charge in [0.2, 0.25) is 9.03 Å². The number of unbranched alkanes of at least 4 members (excludes halogenated alkanes) is 1. The largest absolute Gasteiger partial charge is 0.422 e. The Labute approximate surface area is 279 Å². The summed E-state index contributed by atoms with van der Waals surface area (Å²) in [6, 6.07) is 4.47. The maximum Gasteiger partial charge on any atom is 0.297 e. The normalized spacial score (nSPS) is 13.5. The summed E-state index contributed by atoms with van der Waals surface area (Å²) in [4.78, 5) is 46.9. The molecule has 0 aromatic carbocycles. The molecule has 3 heterocycles. The first kappa shape index (κ1) is 44.5. The number of carbonyl (C=O) groups excluding carboxylic acids is 1. The Kier molecular flexibility index (Phi) is 33.2. The molecule has 1 saturated heterocycles. The molecule has 0 spiro atoms. The lowest BCUT2D eigenvalue weighted by molar-refractivity contribution is -0.120. The molecule has 1 aliphatic heterocycles. The zero-order valence-electron chi connectivity index (χ0n) is 26.9. The molecule has 252 valence electrons. The molecular formula is C29H54N6O5P2S2. The third-order valence-electron chi connectivity index (χ3n) is 5.77. The van der Waals surface area contributed by atoms with Crippen LogP contribution in [0, 0.1) is 0 Å². The van der Waals surface area contributed by atoms with Gasteiger partial charge in [0.15, 0.2) is 9.03 Å². The molecule has 11 nitrogen and oxygen atoms in total. The topological polar surface area (TPSA) is 134 Å². The molecule has 0 saturated carbocycles. The van der Waals surface area contributed by atoms with Gasteiger partial charge in [0.1, 0.15) is 23.3 Å². The monoisotopic (exact) mass is 692 g/mol. The van der Waals surface area contributed by atoms with E-state index in [1.807, 2.05) is 36.4 Å². The Hall–Kier alpha value is -1.59. The van der Waals surface area contributed by atoms with E-state index >= 15 is 0 Å². The van der Waals surface area contributed by atoms with Gasteiger partial charge in [-0.3, -0.25) is 4.79 Å². The molecule has 2 N–H and O–H groups in total. The molecule has 0 radical (unpaired) electrons. The summed E-state index contributed by atoms with van der Waals surface area (Å²) in [7, 11) is 0.760. The highest BCUT2D eigenvalue weighted by molar-refractivity contribution is 7.80. The van der Waals surface area contributed by atoms with E-state index in [0.29, 0.717) is 19.2 Å². The molecule has 0 amide bonds. The zero-order valence-corrected chi connectivity index (χ0v) is 30.7. The Morgan fingerprint density at radius 3 is 2.09 bits per heavy atom. The van der Waals surface area contributed by atoms with Gasteiger partial charge in [0, 0.05) is 51.4 Å². The van der Waals surface area contributed by atoms with Crippen LogP contribution in [0.3, 0.4) is 0 Å². The minimum Gasteiger partial charge on any atom is -0.422 e. The first-order valence-corrected chi connectivity index (χ1v) is 17.7. The van der Waals surface area contributed by atoms with Gasteiger partial charge in [0.25, 0.3) is 6.47 Å². The molecular weight excluding hydrogens is 638 g/mol. The molecule has 0 bridgehead atoms. The van der Waals surface area contributed by atoms with Gasteiger partial charge in [-0.2, -0.15) is 25.3 Å². The van der Waals surface area contributed by atoms with Crippen molar-refractivity contribution in [2.45, 2.75) is 78.7 Å². The van der Waals surface area contributed by atoms with Gasteiger partial charge in [-0.25, -0.2) is 19.9 Å². The third-order valence-corrected chi connectivity index (χ3v) is 6.76. The van der Waals surface area contributed by atoms with Crippen LogP contribution in [0.15, 0.2) is 37.2 Å². The van der Waals surface area contributed by atoms with Gasteiger partial charge < -0.3 is 28.6 Å². The van der Waals surface area contributed by atoms with Gasteiger partial charge in [0.05, 0.1) is 6.61 Å². The molecule has 1 aliphatic rings. The summed E-state index contributed by atoms with van der Waals surface area (Å²) < 4.78 is 8.63. The summed E-state index contributed by atoms with van der Waals surface area (Å²) in [5, 5.41) is 0. The fraction of sp³-hybridized carbons (Fsp3) is 0.621. The lowest BCUT2D eigenvalue weighted by Crippen LogP contribution is -2.27. The predicted octanol–water partition coefficient (Wildman–Crippen LogP) is 5.89. The number of thiol groups is 2. The second kappa shape index (κ2) is 32.8. The van der Waals surface area contributed by atoms with Crippen molar-refractivity contribution in [3.05, 3.63) is 48.8 Å². The van der Waals surface area contributed by atoms with E-state index in [4.69, 9.17) is 19.1 Å². The molecule has 3 atom stereocenters. The van der Waals surface area contributed by atoms with Crippen molar-refractivity contribution in [2.75, 3.05) is 48.0 Å². The Morgan fingerprint density at radius 1 is 1.07 bits per heavy atom. The molecule has 15 heteroatoms. The van der Waals surface area contributed by atoms with E-state index in [2.05, 4.69) is 88.9 Å². The van der Waals surface area contributed by atoms with E-state index in [9.17, 15) is 0 Å². The van der Waals surface area contributed by atoms with E-state index in [0.717, 1.165) is 60.6 Å². The number of likely N-dealkylation sites (N-methyl/N-ethyl adjacent to an activating group) is 1. The molecule has 3 unspecified atom stereocenters. The molecule has 0 aliphatic carbocycles. The number of carbonyl (C=O) groups is 1. The highest BCUT2D eigenvalue weighted by Gasteiger charge is 2.21. The summed E-state index contributed by atoms with van der Waals surface area (Å²) in [6.45, 7) is 14.6. The standard InChI is InChI=1S/C11H17N3S.C9H16N3O2PS.C4H10.C4H8.CH3O3P/c1-9-3-2-7-14(9)11-4-6-12-10(13-11)5-8-15;1-12(5-6-14-15-13)9-2-4-10-8(11-9)3-7-16;2*1-3-4-2;2-1-4-5-3/h4,6,9,15H,2-3,5,7-8H2,1H3;2,4,13,15-16H,3,5-7H2,1H3;3-4H2,1-2H3;3H,1,4H2,2H3;1,3,5H. The summed E-state index contributed by atoms with van der Waals surface area (Å²) in [6.07, 6.45) is 13.3. The van der Waals surface area contributed by atoms with E-state index in [1.54, 1.807) is 6.20 Å². The quantitative estimate of drug-likeness (QED) is 0.0621. The van der Waals surface area contributed by atoms with Crippen LogP contribution in [-0.4, -0.2) is 80.5 Å². The van der Waals surface area contributed by atoms with Gasteiger partial charge >= 0.3 is 0 Å². The first-order chi connectivity index (χ1) is 21.3. The number of anilines is 2. The van der Waals surface area contributed by atoms with Crippen molar-refractivity contribution < 1.29 is 23.6 Å². The highest BCUT2D eigenvalue weighted by atomic mass is 32.1. The number of hydrogen-bond donors (Lipinski definition) is 4. The number of hydrogen-bond acceptors (Lipinski definition) is 13. The number of nitrogens with zero attached hydrogens (tertiary/aromatic N) is 6. The number of aryl methyl sites for hydroxylation is 2. The van der Waals surface area contributed by atoms with Crippen molar-refractivity contribution in [3.8, 4) is 0 Å². The average molecular weight is 693 g/mol. The molecule has 1 fully saturated rings. The Morgan fingerprint density at radius 2 is 1.66 bits per heavy atom. The molecule has 3 rings (SSSR count). The van der Waals surface area contributed by atoms with E-state index in [-0.39, 0.29) is 6.47 Å². The summed E-state index contributed by atoms with van der Waals surface area (Å²) in [5.41, 5.74) is 0. The Balaban J connectivity index is 0. The van der Waals surface area contributed by atoms with Crippen LogP contribution >= 0.6 is 43.3 Å². The fourth-order valence-corrected chi connectivity index (χ4v) is 3.85. The lowest BCUT2D eigenvalue weighted by atomic mass is 10.2. The van der Waals surface area contributed by atoms with Crippen LogP contribution in [0.5, 0.6) is 0 Å². The van der Waals surface area contributed by atoms with Crippen LogP contribution in [0.1, 0.15) is 71.4 Å². The van der Waals surface area contributed by atoms with Crippen LogP contribution in [-0.2, 0) is 26.7 Å².